The van der Waals surface area contributed by atoms with Crippen LogP contribution in [0.5, 0.6) is 0 Å². The Morgan fingerprint density at radius 2 is 1.81 bits per heavy atom. The molecule has 6 heteroatoms. The fourth-order valence-electron chi connectivity index (χ4n) is 3.75. The van der Waals surface area contributed by atoms with Crippen LogP contribution in [0.1, 0.15) is 39.0 Å². The van der Waals surface area contributed by atoms with Crippen LogP contribution >= 0.6 is 0 Å². The summed E-state index contributed by atoms with van der Waals surface area (Å²) in [6.45, 7) is 4.63. The molecule has 2 amide bonds. The summed E-state index contributed by atoms with van der Waals surface area (Å²) >= 11 is 0. The van der Waals surface area contributed by atoms with Gasteiger partial charge in [-0.2, -0.15) is 0 Å². The highest BCUT2D eigenvalue weighted by atomic mass is 16.5. The van der Waals surface area contributed by atoms with Crippen molar-refractivity contribution in [3.8, 4) is 0 Å². The van der Waals surface area contributed by atoms with Crippen molar-refractivity contribution in [2.75, 3.05) is 26.3 Å². The number of ether oxygens (including phenoxy) is 1. The van der Waals surface area contributed by atoms with Gasteiger partial charge in [0, 0.05) is 37.8 Å². The third kappa shape index (κ3) is 2.86. The Morgan fingerprint density at radius 1 is 1.19 bits per heavy atom. The number of hydrogen-bond acceptors (Lipinski definition) is 3. The van der Waals surface area contributed by atoms with Gasteiger partial charge in [0.15, 0.2) is 0 Å². The predicted octanol–water partition coefficient (Wildman–Crippen LogP) is 1.45. The maximum absolute atomic E-state index is 12.5. The number of amides is 2. The van der Waals surface area contributed by atoms with Gasteiger partial charge in [-0.25, -0.2) is 4.79 Å². The molecular weight excluding hydrogens is 272 g/mol. The lowest BCUT2D eigenvalue weighted by Gasteiger charge is -2.35. The monoisotopic (exact) mass is 296 g/mol. The topological polar surface area (TPSA) is 78.9 Å². The van der Waals surface area contributed by atoms with Crippen molar-refractivity contribution >= 4 is 12.0 Å². The van der Waals surface area contributed by atoms with Crippen molar-refractivity contribution in [3.05, 3.63) is 0 Å². The number of carbonyl (C=O) groups excluding carboxylic acids is 1. The molecule has 3 aliphatic rings. The second-order valence-corrected chi connectivity index (χ2v) is 7.05. The standard InChI is InChI=1S/C15H24N2O4/c1-14(4-8-21-9-5-14)16-12(18)11-10-15(11)2-6-17(7-3-15)13(19)20/h11H,2-10H2,1H3,(H,16,18)(H,19,20). The van der Waals surface area contributed by atoms with Crippen LogP contribution < -0.4 is 5.32 Å². The summed E-state index contributed by atoms with van der Waals surface area (Å²) in [5, 5.41) is 12.2. The first-order valence-corrected chi connectivity index (χ1v) is 7.82. The summed E-state index contributed by atoms with van der Waals surface area (Å²) in [7, 11) is 0. The lowest BCUT2D eigenvalue weighted by molar-refractivity contribution is -0.126. The van der Waals surface area contributed by atoms with Crippen LogP contribution in [0.4, 0.5) is 4.79 Å². The number of nitrogens with one attached hydrogen (secondary N) is 1. The van der Waals surface area contributed by atoms with Gasteiger partial charge in [0.05, 0.1) is 0 Å². The van der Waals surface area contributed by atoms with Gasteiger partial charge in [-0.05, 0) is 44.4 Å². The average molecular weight is 296 g/mol. The molecule has 2 saturated heterocycles. The highest BCUT2D eigenvalue weighted by Crippen LogP contribution is 2.59. The Kier molecular flexibility index (Phi) is 3.59. The molecule has 3 rings (SSSR count). The van der Waals surface area contributed by atoms with E-state index in [1.54, 1.807) is 0 Å². The molecule has 1 atom stereocenters. The SMILES string of the molecule is CC1(NC(=O)C2CC23CCN(C(=O)O)CC3)CCOCC1. The van der Waals surface area contributed by atoms with E-state index in [0.717, 1.165) is 32.1 Å². The Labute approximate surface area is 124 Å². The van der Waals surface area contributed by atoms with Gasteiger partial charge in [-0.15, -0.1) is 0 Å². The first kappa shape index (κ1) is 14.6. The number of carbonyl (C=O) groups is 2. The van der Waals surface area contributed by atoms with Crippen LogP contribution in [0, 0.1) is 11.3 Å². The number of hydrogen-bond donors (Lipinski definition) is 2. The minimum atomic E-state index is -0.846. The lowest BCUT2D eigenvalue weighted by Crippen LogP contribution is -2.50. The molecule has 6 nitrogen and oxygen atoms in total. The van der Waals surface area contributed by atoms with E-state index in [1.807, 2.05) is 0 Å². The van der Waals surface area contributed by atoms with Gasteiger partial charge in [-0.3, -0.25) is 4.79 Å². The summed E-state index contributed by atoms with van der Waals surface area (Å²) in [6, 6.07) is 0. The zero-order valence-electron chi connectivity index (χ0n) is 12.6. The van der Waals surface area contributed by atoms with Gasteiger partial charge in [-0.1, -0.05) is 0 Å². The summed E-state index contributed by atoms with van der Waals surface area (Å²) in [5.74, 6) is 0.233. The highest BCUT2D eigenvalue weighted by Gasteiger charge is 2.59. The van der Waals surface area contributed by atoms with Crippen LogP contribution in [0.25, 0.3) is 0 Å². The van der Waals surface area contributed by atoms with Gasteiger partial charge in [0.2, 0.25) is 5.91 Å². The quantitative estimate of drug-likeness (QED) is 0.808. The van der Waals surface area contributed by atoms with Gasteiger partial charge < -0.3 is 20.1 Å². The molecule has 1 aliphatic carbocycles. The fourth-order valence-corrected chi connectivity index (χ4v) is 3.75. The normalized spacial score (nSPS) is 30.0. The third-order valence-corrected chi connectivity index (χ3v) is 5.56. The maximum atomic E-state index is 12.5. The van der Waals surface area contributed by atoms with Gasteiger partial charge >= 0.3 is 6.09 Å². The Bertz CT molecular complexity index is 437. The van der Waals surface area contributed by atoms with Crippen molar-refractivity contribution in [2.24, 2.45) is 11.3 Å². The summed E-state index contributed by atoms with van der Waals surface area (Å²) in [6.07, 6.45) is 3.44. The van der Waals surface area contributed by atoms with Crippen LogP contribution in [0.15, 0.2) is 0 Å². The van der Waals surface area contributed by atoms with E-state index in [-0.39, 0.29) is 22.8 Å². The van der Waals surface area contributed by atoms with E-state index in [2.05, 4.69) is 12.2 Å². The Balaban J connectivity index is 1.53. The molecule has 0 radical (unpaired) electrons. The number of nitrogens with zero attached hydrogens (tertiary/aromatic N) is 1. The fraction of sp³-hybridized carbons (Fsp3) is 0.867. The van der Waals surface area contributed by atoms with E-state index < -0.39 is 6.09 Å². The van der Waals surface area contributed by atoms with E-state index in [1.165, 1.54) is 4.90 Å². The molecule has 0 bridgehead atoms. The van der Waals surface area contributed by atoms with Crippen LogP contribution in [0.3, 0.4) is 0 Å². The molecule has 3 fully saturated rings. The van der Waals surface area contributed by atoms with Crippen molar-refractivity contribution in [2.45, 2.75) is 44.6 Å². The Morgan fingerprint density at radius 3 is 2.38 bits per heavy atom. The van der Waals surface area contributed by atoms with E-state index >= 15 is 0 Å². The number of likely N-dealkylation sites (tertiary alicyclic amines) is 1. The molecule has 0 aromatic heterocycles. The lowest BCUT2D eigenvalue weighted by atomic mass is 9.89. The molecule has 2 heterocycles. The summed E-state index contributed by atoms with van der Waals surface area (Å²) in [5.41, 5.74) is -0.0710. The van der Waals surface area contributed by atoms with E-state index in [9.17, 15) is 9.59 Å². The predicted molar refractivity (Wildman–Crippen MR) is 76.0 cm³/mol. The van der Waals surface area contributed by atoms with Crippen molar-refractivity contribution in [3.63, 3.8) is 0 Å². The first-order valence-electron chi connectivity index (χ1n) is 7.82. The minimum absolute atomic E-state index is 0.0670. The minimum Gasteiger partial charge on any atom is -0.465 e. The number of carboxylic acid groups (broad SMARTS) is 1. The molecule has 1 unspecified atom stereocenters. The molecule has 2 N–H and O–H groups in total. The maximum Gasteiger partial charge on any atom is 0.407 e. The van der Waals surface area contributed by atoms with Crippen LogP contribution in [-0.4, -0.2) is 53.8 Å². The molecule has 2 aliphatic heterocycles. The summed E-state index contributed by atoms with van der Waals surface area (Å²) < 4.78 is 5.35. The molecule has 1 saturated carbocycles. The molecule has 21 heavy (non-hydrogen) atoms. The molecule has 0 aromatic carbocycles. The zero-order valence-corrected chi connectivity index (χ0v) is 12.6. The molecule has 0 aromatic rings. The zero-order chi connectivity index (χ0) is 15.1. The second kappa shape index (κ2) is 5.16. The van der Waals surface area contributed by atoms with Crippen molar-refractivity contribution < 1.29 is 19.4 Å². The van der Waals surface area contributed by atoms with E-state index in [0.29, 0.717) is 26.3 Å². The molecule has 1 spiro atoms. The van der Waals surface area contributed by atoms with Crippen LogP contribution in [-0.2, 0) is 9.53 Å². The number of rotatable bonds is 2. The third-order valence-electron chi connectivity index (χ3n) is 5.56. The Hall–Kier alpha value is -1.30. The van der Waals surface area contributed by atoms with Crippen LogP contribution in [0.2, 0.25) is 0 Å². The average Bonchev–Trinajstić information content (AvgIpc) is 3.13. The highest BCUT2D eigenvalue weighted by molar-refractivity contribution is 5.83. The second-order valence-electron chi connectivity index (χ2n) is 7.05. The van der Waals surface area contributed by atoms with Crippen molar-refractivity contribution in [1.82, 2.24) is 10.2 Å². The largest absolute Gasteiger partial charge is 0.465 e. The first-order chi connectivity index (χ1) is 9.94. The van der Waals surface area contributed by atoms with Gasteiger partial charge in [0.1, 0.15) is 0 Å². The molecule has 118 valence electrons. The smallest absolute Gasteiger partial charge is 0.407 e. The van der Waals surface area contributed by atoms with E-state index in [4.69, 9.17) is 9.84 Å². The van der Waals surface area contributed by atoms with Crippen molar-refractivity contribution in [1.29, 1.82) is 0 Å². The molecular formula is C15H24N2O4. The van der Waals surface area contributed by atoms with Gasteiger partial charge in [0.25, 0.3) is 0 Å². The summed E-state index contributed by atoms with van der Waals surface area (Å²) in [4.78, 5) is 24.9. The number of piperidine rings is 1.